The first-order valence-electron chi connectivity index (χ1n) is 13.9. The van der Waals surface area contributed by atoms with Gasteiger partial charge in [0.15, 0.2) is 5.78 Å². The molecule has 194 valence electrons. The van der Waals surface area contributed by atoms with Gasteiger partial charge in [0.25, 0.3) is 0 Å². The van der Waals surface area contributed by atoms with Crippen LogP contribution in [0.3, 0.4) is 0 Å². The van der Waals surface area contributed by atoms with Gasteiger partial charge in [-0.1, -0.05) is 63.4 Å². The quantitative estimate of drug-likeness (QED) is 0.301. The molecule has 0 aliphatic heterocycles. The summed E-state index contributed by atoms with van der Waals surface area (Å²) in [5.74, 6) is 0.588. The van der Waals surface area contributed by atoms with E-state index in [0.717, 1.165) is 49.7 Å². The molecule has 0 spiro atoms. The highest BCUT2D eigenvalue weighted by Crippen LogP contribution is 2.42. The molecule has 2 aromatic carbocycles. The second-order valence-electron chi connectivity index (χ2n) is 11.1. The lowest BCUT2D eigenvalue weighted by molar-refractivity contribution is -0.129. The van der Waals surface area contributed by atoms with Crippen LogP contribution >= 0.6 is 0 Å². The molecule has 1 aliphatic rings. The number of carbonyl (C=O) groups excluding carboxylic acids is 3. The lowest BCUT2D eigenvalue weighted by Gasteiger charge is -2.33. The van der Waals surface area contributed by atoms with Gasteiger partial charge >= 0.3 is 0 Å². The molecule has 0 saturated heterocycles. The summed E-state index contributed by atoms with van der Waals surface area (Å²) >= 11 is 0. The Morgan fingerprint density at radius 1 is 1.00 bits per heavy atom. The molecule has 0 bridgehead atoms. The number of ketones is 3. The molecule has 3 nitrogen and oxygen atoms in total. The molecule has 1 aliphatic carbocycles. The topological polar surface area (TPSA) is 51.2 Å². The number of aryl methyl sites for hydroxylation is 3. The average molecular weight is 489 g/mol. The summed E-state index contributed by atoms with van der Waals surface area (Å²) in [5.41, 5.74) is 9.39. The van der Waals surface area contributed by atoms with Crippen LogP contribution in [0.25, 0.3) is 11.1 Å². The zero-order valence-corrected chi connectivity index (χ0v) is 23.4. The summed E-state index contributed by atoms with van der Waals surface area (Å²) < 4.78 is 0. The normalized spacial score (nSPS) is 17.0. The standard InChI is InChI=1S/C33H44O3/c1-8-11-26(27(10-3)31(35)16-22(6)34)17-24-18-30-29(28-14-20(4)12-13-25(28)9-2)15-21(5)23(7)33(30)32(36)19-24/h12-15,24,26-27H,8-11,16-19H2,1-7H3. The van der Waals surface area contributed by atoms with Gasteiger partial charge in [-0.25, -0.2) is 0 Å². The van der Waals surface area contributed by atoms with Crippen LogP contribution in [-0.4, -0.2) is 17.3 Å². The average Bonchev–Trinajstić information content (AvgIpc) is 2.81. The number of fused-ring (bicyclic) bond motifs is 1. The summed E-state index contributed by atoms with van der Waals surface area (Å²) in [4.78, 5) is 38.2. The van der Waals surface area contributed by atoms with Crippen molar-refractivity contribution in [3.05, 3.63) is 57.6 Å². The van der Waals surface area contributed by atoms with E-state index in [9.17, 15) is 14.4 Å². The Morgan fingerprint density at radius 2 is 1.72 bits per heavy atom. The Hall–Kier alpha value is -2.55. The third-order valence-electron chi connectivity index (χ3n) is 8.28. The van der Waals surface area contributed by atoms with Gasteiger partial charge in [-0.15, -0.1) is 0 Å². The summed E-state index contributed by atoms with van der Waals surface area (Å²) in [6.45, 7) is 14.2. The van der Waals surface area contributed by atoms with E-state index in [2.05, 4.69) is 65.8 Å². The number of hydrogen-bond acceptors (Lipinski definition) is 3. The van der Waals surface area contributed by atoms with E-state index in [1.807, 2.05) is 0 Å². The van der Waals surface area contributed by atoms with Gasteiger partial charge in [0.1, 0.15) is 11.6 Å². The first kappa shape index (κ1) is 28.0. The molecular weight excluding hydrogens is 444 g/mol. The predicted molar refractivity (Wildman–Crippen MR) is 149 cm³/mol. The summed E-state index contributed by atoms with van der Waals surface area (Å²) in [7, 11) is 0. The van der Waals surface area contributed by atoms with E-state index in [1.165, 1.54) is 40.3 Å². The Bertz CT molecular complexity index is 1140. The molecule has 3 unspecified atom stereocenters. The van der Waals surface area contributed by atoms with Crippen molar-refractivity contribution in [1.29, 1.82) is 0 Å². The second-order valence-corrected chi connectivity index (χ2v) is 11.1. The fraction of sp³-hybridized carbons (Fsp3) is 0.545. The van der Waals surface area contributed by atoms with Crippen LogP contribution in [0.2, 0.25) is 0 Å². The van der Waals surface area contributed by atoms with Gasteiger partial charge in [-0.2, -0.15) is 0 Å². The minimum absolute atomic E-state index is 0.0287. The highest BCUT2D eigenvalue weighted by molar-refractivity contribution is 6.02. The number of rotatable bonds is 11. The minimum Gasteiger partial charge on any atom is -0.300 e. The van der Waals surface area contributed by atoms with E-state index in [-0.39, 0.29) is 41.5 Å². The molecule has 0 amide bonds. The number of Topliss-reactive ketones (excluding diaryl/α,β-unsaturated/α-hetero) is 3. The van der Waals surface area contributed by atoms with Crippen LogP contribution in [0, 0.1) is 38.5 Å². The predicted octanol–water partition coefficient (Wildman–Crippen LogP) is 7.97. The third-order valence-corrected chi connectivity index (χ3v) is 8.28. The SMILES string of the molecule is CCCC(CC1CC(=O)c2c(C)c(C)cc(-c3cc(C)ccc3CC)c2C1)C(CC)C(=O)CC(C)=O. The summed E-state index contributed by atoms with van der Waals surface area (Å²) in [5, 5.41) is 0. The van der Waals surface area contributed by atoms with Crippen LogP contribution in [-0.2, 0) is 22.4 Å². The number of hydrogen-bond donors (Lipinski definition) is 0. The Morgan fingerprint density at radius 3 is 2.33 bits per heavy atom. The van der Waals surface area contributed by atoms with Gasteiger partial charge in [0, 0.05) is 17.9 Å². The van der Waals surface area contributed by atoms with Crippen molar-refractivity contribution in [2.75, 3.05) is 0 Å². The summed E-state index contributed by atoms with van der Waals surface area (Å²) in [6, 6.07) is 8.94. The first-order chi connectivity index (χ1) is 17.1. The van der Waals surface area contributed by atoms with Crippen LogP contribution in [0.15, 0.2) is 24.3 Å². The molecular formula is C33H44O3. The molecule has 0 radical (unpaired) electrons. The highest BCUT2D eigenvalue weighted by atomic mass is 16.1. The zero-order valence-electron chi connectivity index (χ0n) is 23.4. The van der Waals surface area contributed by atoms with Gasteiger partial charge in [0.2, 0.25) is 0 Å². The van der Waals surface area contributed by atoms with Crippen molar-refractivity contribution in [3.8, 4) is 11.1 Å². The van der Waals surface area contributed by atoms with Gasteiger partial charge in [-0.05, 0) is 98.6 Å². The number of carbonyl (C=O) groups is 3. The fourth-order valence-corrected chi connectivity index (χ4v) is 6.42. The fourth-order valence-electron chi connectivity index (χ4n) is 6.42. The second kappa shape index (κ2) is 12.1. The first-order valence-corrected chi connectivity index (χ1v) is 13.9. The van der Waals surface area contributed by atoms with Crippen molar-refractivity contribution in [1.82, 2.24) is 0 Å². The van der Waals surface area contributed by atoms with E-state index in [0.29, 0.717) is 6.42 Å². The molecule has 0 heterocycles. The number of benzene rings is 2. The van der Waals surface area contributed by atoms with Crippen molar-refractivity contribution < 1.29 is 14.4 Å². The zero-order chi connectivity index (χ0) is 26.6. The summed E-state index contributed by atoms with van der Waals surface area (Å²) in [6.07, 6.45) is 5.96. The van der Waals surface area contributed by atoms with Crippen molar-refractivity contribution >= 4 is 17.3 Å². The third kappa shape index (κ3) is 6.05. The maximum absolute atomic E-state index is 13.6. The maximum atomic E-state index is 13.6. The van der Waals surface area contributed by atoms with E-state index >= 15 is 0 Å². The van der Waals surface area contributed by atoms with Gasteiger partial charge in [-0.3, -0.25) is 14.4 Å². The van der Waals surface area contributed by atoms with E-state index < -0.39 is 0 Å². The Labute approximate surface area is 218 Å². The Balaban J connectivity index is 2.03. The largest absolute Gasteiger partial charge is 0.300 e. The maximum Gasteiger partial charge on any atom is 0.163 e. The van der Waals surface area contributed by atoms with Gasteiger partial charge in [0.05, 0.1) is 6.42 Å². The molecule has 3 heteroatoms. The van der Waals surface area contributed by atoms with E-state index in [4.69, 9.17) is 0 Å². The monoisotopic (exact) mass is 488 g/mol. The van der Waals surface area contributed by atoms with E-state index in [1.54, 1.807) is 0 Å². The smallest absolute Gasteiger partial charge is 0.163 e. The molecule has 0 saturated carbocycles. The van der Waals surface area contributed by atoms with Crippen molar-refractivity contribution in [2.45, 2.75) is 99.8 Å². The molecule has 0 aromatic heterocycles. The lowest BCUT2D eigenvalue weighted by atomic mass is 9.70. The van der Waals surface area contributed by atoms with Gasteiger partial charge < -0.3 is 0 Å². The van der Waals surface area contributed by atoms with Crippen LogP contribution in [0.1, 0.15) is 104 Å². The van der Waals surface area contributed by atoms with Crippen LogP contribution in [0.5, 0.6) is 0 Å². The molecule has 36 heavy (non-hydrogen) atoms. The molecule has 3 rings (SSSR count). The Kier molecular flexibility index (Phi) is 9.44. The highest BCUT2D eigenvalue weighted by Gasteiger charge is 2.34. The van der Waals surface area contributed by atoms with Crippen LogP contribution < -0.4 is 0 Å². The minimum atomic E-state index is -0.104. The molecule has 0 fully saturated rings. The van der Waals surface area contributed by atoms with Crippen molar-refractivity contribution in [2.24, 2.45) is 17.8 Å². The van der Waals surface area contributed by atoms with Crippen LogP contribution in [0.4, 0.5) is 0 Å². The molecule has 3 atom stereocenters. The molecule has 0 N–H and O–H groups in total. The van der Waals surface area contributed by atoms with Crippen molar-refractivity contribution in [3.63, 3.8) is 0 Å². The lowest BCUT2D eigenvalue weighted by Crippen LogP contribution is -2.30. The molecule has 2 aromatic rings.